The molecule has 0 fully saturated rings. The van der Waals surface area contributed by atoms with Gasteiger partial charge in [-0.05, 0) is 37.7 Å². The maximum absolute atomic E-state index is 13.6. The second-order valence-electron chi connectivity index (χ2n) is 4.34. The van der Waals surface area contributed by atoms with Gasteiger partial charge in [0.15, 0.2) is 5.75 Å². The molecule has 20 heavy (non-hydrogen) atoms. The van der Waals surface area contributed by atoms with E-state index in [-0.39, 0.29) is 11.9 Å². The molecule has 1 unspecified atom stereocenters. The lowest BCUT2D eigenvalue weighted by atomic mass is 10.0. The van der Waals surface area contributed by atoms with Gasteiger partial charge in [-0.2, -0.15) is 5.10 Å². The van der Waals surface area contributed by atoms with Crippen molar-refractivity contribution in [1.29, 1.82) is 0 Å². The van der Waals surface area contributed by atoms with Gasteiger partial charge in [0, 0.05) is 11.0 Å². The summed E-state index contributed by atoms with van der Waals surface area (Å²) < 4.78 is 21.5. The monoisotopic (exact) mass is 341 g/mol. The number of nitrogens with zero attached hydrogens (tertiary/aromatic N) is 2. The lowest BCUT2D eigenvalue weighted by Gasteiger charge is -2.19. The molecular weight excluding hydrogens is 325 g/mol. The lowest BCUT2D eigenvalue weighted by Crippen LogP contribution is -2.22. The van der Waals surface area contributed by atoms with Gasteiger partial charge in [-0.3, -0.25) is 4.68 Å². The number of aryl methyl sites for hydroxylation is 1. The number of halogens is 2. The van der Waals surface area contributed by atoms with Gasteiger partial charge in [0.25, 0.3) is 0 Å². The van der Waals surface area contributed by atoms with E-state index in [1.54, 1.807) is 13.3 Å². The molecule has 0 radical (unpaired) electrons. The third-order valence-corrected chi connectivity index (χ3v) is 3.60. The van der Waals surface area contributed by atoms with E-state index in [9.17, 15) is 4.39 Å². The molecule has 0 aliphatic rings. The summed E-state index contributed by atoms with van der Waals surface area (Å²) in [6.07, 6.45) is 1.68. The van der Waals surface area contributed by atoms with Gasteiger partial charge in [-0.1, -0.05) is 15.9 Å². The average molecular weight is 342 g/mol. The summed E-state index contributed by atoms with van der Waals surface area (Å²) in [6, 6.07) is 4.64. The number of aromatic nitrogens is 2. The molecule has 0 aliphatic carbocycles. The molecular formula is C14H17BrFN3O. The molecule has 1 atom stereocenters. The van der Waals surface area contributed by atoms with Crippen molar-refractivity contribution in [1.82, 2.24) is 15.1 Å². The number of ether oxygens (including phenoxy) is 1. The fourth-order valence-electron chi connectivity index (χ4n) is 2.28. The highest BCUT2D eigenvalue weighted by atomic mass is 79.9. The second-order valence-corrected chi connectivity index (χ2v) is 5.25. The number of nitrogens with one attached hydrogen (secondary N) is 1. The molecule has 1 N–H and O–H groups in total. The fourth-order valence-corrected chi connectivity index (χ4v) is 2.76. The first-order valence-corrected chi connectivity index (χ1v) is 7.13. The molecule has 0 aliphatic heterocycles. The van der Waals surface area contributed by atoms with E-state index in [2.05, 4.69) is 26.3 Å². The van der Waals surface area contributed by atoms with Crippen LogP contribution in [-0.4, -0.2) is 23.9 Å². The Hall–Kier alpha value is -1.40. The molecule has 0 saturated heterocycles. The maximum Gasteiger partial charge on any atom is 0.161 e. The van der Waals surface area contributed by atoms with Crippen molar-refractivity contribution in [3.8, 4) is 5.75 Å². The predicted octanol–water partition coefficient (Wildman–Crippen LogP) is 3.12. The summed E-state index contributed by atoms with van der Waals surface area (Å²) in [5.41, 5.74) is 1.70. The highest BCUT2D eigenvalue weighted by molar-refractivity contribution is 9.10. The zero-order valence-electron chi connectivity index (χ0n) is 11.7. The molecule has 6 heteroatoms. The van der Waals surface area contributed by atoms with E-state index in [1.165, 1.54) is 12.1 Å². The molecule has 1 aromatic carbocycles. The minimum atomic E-state index is -0.281. The van der Waals surface area contributed by atoms with Gasteiger partial charge in [0.05, 0.1) is 19.3 Å². The first kappa shape index (κ1) is 15.0. The van der Waals surface area contributed by atoms with Crippen LogP contribution in [0.15, 0.2) is 28.9 Å². The van der Waals surface area contributed by atoms with Crippen molar-refractivity contribution in [2.24, 2.45) is 0 Å². The Labute approximate surface area is 126 Å². The molecule has 2 aromatic rings. The SMILES string of the molecule is CCn1ncc(OC)c1C(NC)c1cc(F)cc(Br)c1. The summed E-state index contributed by atoms with van der Waals surface area (Å²) in [5.74, 6) is 0.405. The van der Waals surface area contributed by atoms with Gasteiger partial charge in [-0.25, -0.2) is 4.39 Å². The Bertz CT molecular complexity index is 558. The smallest absolute Gasteiger partial charge is 0.161 e. The van der Waals surface area contributed by atoms with Gasteiger partial charge in [0.1, 0.15) is 11.5 Å². The van der Waals surface area contributed by atoms with Crippen LogP contribution in [0, 0.1) is 5.82 Å². The zero-order chi connectivity index (χ0) is 14.7. The predicted molar refractivity (Wildman–Crippen MR) is 79.5 cm³/mol. The first-order valence-electron chi connectivity index (χ1n) is 6.33. The number of benzene rings is 1. The normalized spacial score (nSPS) is 12.4. The van der Waals surface area contributed by atoms with Gasteiger partial charge in [-0.15, -0.1) is 0 Å². The van der Waals surface area contributed by atoms with Crippen LogP contribution in [-0.2, 0) is 6.54 Å². The minimum Gasteiger partial charge on any atom is -0.493 e. The summed E-state index contributed by atoms with van der Waals surface area (Å²) in [4.78, 5) is 0. The van der Waals surface area contributed by atoms with Crippen molar-refractivity contribution in [3.05, 3.63) is 45.9 Å². The summed E-state index contributed by atoms with van der Waals surface area (Å²) in [7, 11) is 3.44. The molecule has 0 saturated carbocycles. The van der Waals surface area contributed by atoms with Crippen LogP contribution in [0.1, 0.15) is 24.2 Å². The molecule has 0 bridgehead atoms. The summed E-state index contributed by atoms with van der Waals surface area (Å²) in [6.45, 7) is 2.72. The van der Waals surface area contributed by atoms with E-state index >= 15 is 0 Å². The van der Waals surface area contributed by atoms with Crippen LogP contribution in [0.2, 0.25) is 0 Å². The first-order chi connectivity index (χ1) is 9.60. The summed E-state index contributed by atoms with van der Waals surface area (Å²) in [5, 5.41) is 7.49. The van der Waals surface area contributed by atoms with Crippen molar-refractivity contribution < 1.29 is 9.13 Å². The quantitative estimate of drug-likeness (QED) is 0.908. The maximum atomic E-state index is 13.6. The molecule has 1 heterocycles. The van der Waals surface area contributed by atoms with Gasteiger partial charge < -0.3 is 10.1 Å². The Morgan fingerprint density at radius 1 is 1.45 bits per heavy atom. The molecule has 1 aromatic heterocycles. The highest BCUT2D eigenvalue weighted by Gasteiger charge is 2.22. The van der Waals surface area contributed by atoms with Crippen LogP contribution in [0.5, 0.6) is 5.75 Å². The Balaban J connectivity index is 2.54. The van der Waals surface area contributed by atoms with Crippen LogP contribution in [0.25, 0.3) is 0 Å². The van der Waals surface area contributed by atoms with E-state index < -0.39 is 0 Å². The fraction of sp³-hybridized carbons (Fsp3) is 0.357. The van der Waals surface area contributed by atoms with Gasteiger partial charge >= 0.3 is 0 Å². The van der Waals surface area contributed by atoms with Crippen molar-refractivity contribution in [3.63, 3.8) is 0 Å². The number of methoxy groups -OCH3 is 1. The third-order valence-electron chi connectivity index (χ3n) is 3.14. The third kappa shape index (κ3) is 2.86. The van der Waals surface area contributed by atoms with Crippen LogP contribution < -0.4 is 10.1 Å². The lowest BCUT2D eigenvalue weighted by molar-refractivity contribution is 0.401. The molecule has 0 spiro atoms. The summed E-state index contributed by atoms with van der Waals surface area (Å²) >= 11 is 3.32. The zero-order valence-corrected chi connectivity index (χ0v) is 13.2. The Kier molecular flexibility index (Phi) is 4.77. The molecule has 0 amide bonds. The van der Waals surface area contributed by atoms with E-state index in [0.29, 0.717) is 16.8 Å². The number of hydrogen-bond acceptors (Lipinski definition) is 3. The van der Waals surface area contributed by atoms with E-state index in [0.717, 1.165) is 11.3 Å². The van der Waals surface area contributed by atoms with Crippen molar-refractivity contribution >= 4 is 15.9 Å². The van der Waals surface area contributed by atoms with Crippen molar-refractivity contribution in [2.45, 2.75) is 19.5 Å². The van der Waals surface area contributed by atoms with E-state index in [4.69, 9.17) is 4.74 Å². The largest absolute Gasteiger partial charge is 0.493 e. The molecule has 108 valence electrons. The van der Waals surface area contributed by atoms with Gasteiger partial charge in [0.2, 0.25) is 0 Å². The minimum absolute atomic E-state index is 0.195. The molecule has 2 rings (SSSR count). The average Bonchev–Trinajstić information content (AvgIpc) is 2.81. The Morgan fingerprint density at radius 3 is 2.75 bits per heavy atom. The van der Waals surface area contributed by atoms with Crippen molar-refractivity contribution in [2.75, 3.05) is 14.2 Å². The van der Waals surface area contributed by atoms with Crippen LogP contribution in [0.3, 0.4) is 0 Å². The Morgan fingerprint density at radius 2 is 2.20 bits per heavy atom. The van der Waals surface area contributed by atoms with E-state index in [1.807, 2.05) is 24.7 Å². The molecule has 4 nitrogen and oxygen atoms in total. The highest BCUT2D eigenvalue weighted by Crippen LogP contribution is 2.31. The topological polar surface area (TPSA) is 39.1 Å². The van der Waals surface area contributed by atoms with Crippen LogP contribution >= 0.6 is 15.9 Å². The number of hydrogen-bond donors (Lipinski definition) is 1. The van der Waals surface area contributed by atoms with Crippen LogP contribution in [0.4, 0.5) is 4.39 Å². The second kappa shape index (κ2) is 6.37. The number of rotatable bonds is 5. The standard InChI is InChI=1S/C14H17BrFN3O/c1-4-19-14(12(20-3)8-18-19)13(17-2)9-5-10(15)7-11(16)6-9/h5-8,13,17H,4H2,1-3H3.